The van der Waals surface area contributed by atoms with E-state index < -0.39 is 0 Å². The third-order valence-electron chi connectivity index (χ3n) is 2.05. The van der Waals surface area contributed by atoms with Crippen molar-refractivity contribution in [3.63, 3.8) is 0 Å². The number of methoxy groups -OCH3 is 1. The molecule has 0 saturated heterocycles. The average molecular weight is 223 g/mol. The summed E-state index contributed by atoms with van der Waals surface area (Å²) in [5, 5.41) is 1.70. The van der Waals surface area contributed by atoms with Crippen LogP contribution in [0.25, 0.3) is 10.8 Å². The Morgan fingerprint density at radius 3 is 2.80 bits per heavy atom. The number of hydrogen-bond acceptors (Lipinski definition) is 4. The van der Waals surface area contributed by atoms with Crippen LogP contribution in [0.5, 0.6) is 5.88 Å². The molecule has 2 rings (SSSR count). The second-order valence-electron chi connectivity index (χ2n) is 2.89. The summed E-state index contributed by atoms with van der Waals surface area (Å²) in [4.78, 5) is 18.7. The predicted octanol–water partition coefficient (Wildman–Crippen LogP) is 2.10. The van der Waals surface area contributed by atoms with Gasteiger partial charge in [-0.15, -0.1) is 0 Å². The summed E-state index contributed by atoms with van der Waals surface area (Å²) in [6, 6.07) is 1.62. The van der Waals surface area contributed by atoms with Crippen molar-refractivity contribution in [3.05, 3.63) is 29.2 Å². The monoisotopic (exact) mass is 222 g/mol. The van der Waals surface area contributed by atoms with Crippen molar-refractivity contribution in [2.75, 3.05) is 7.11 Å². The van der Waals surface area contributed by atoms with Gasteiger partial charge >= 0.3 is 0 Å². The van der Waals surface area contributed by atoms with Crippen LogP contribution in [-0.4, -0.2) is 23.4 Å². The number of aldehydes is 1. The Labute approximate surface area is 90.9 Å². The first-order valence-electron chi connectivity index (χ1n) is 4.19. The Kier molecular flexibility index (Phi) is 2.51. The van der Waals surface area contributed by atoms with E-state index in [1.807, 2.05) is 0 Å². The highest BCUT2D eigenvalue weighted by Crippen LogP contribution is 2.26. The highest BCUT2D eigenvalue weighted by molar-refractivity contribution is 6.30. The summed E-state index contributed by atoms with van der Waals surface area (Å²) in [6.07, 6.45) is 3.71. The molecule has 0 atom stereocenters. The number of pyridine rings is 2. The molecular formula is C10H7ClN2O2. The molecule has 0 bridgehead atoms. The topological polar surface area (TPSA) is 52.1 Å². The summed E-state index contributed by atoms with van der Waals surface area (Å²) in [5.41, 5.74) is 0.468. The molecule has 4 nitrogen and oxygen atoms in total. The molecule has 0 aromatic carbocycles. The van der Waals surface area contributed by atoms with E-state index in [2.05, 4.69) is 9.97 Å². The van der Waals surface area contributed by atoms with Crippen molar-refractivity contribution >= 4 is 28.7 Å². The van der Waals surface area contributed by atoms with Crippen molar-refractivity contribution in [1.82, 2.24) is 9.97 Å². The van der Waals surface area contributed by atoms with E-state index in [0.717, 1.165) is 6.29 Å². The van der Waals surface area contributed by atoms with Gasteiger partial charge in [0.1, 0.15) is 5.15 Å². The maximum absolute atomic E-state index is 10.8. The highest BCUT2D eigenvalue weighted by atomic mass is 35.5. The Bertz CT molecular complexity index is 528. The van der Waals surface area contributed by atoms with Gasteiger partial charge in [-0.2, -0.15) is 0 Å². The van der Waals surface area contributed by atoms with Crippen LogP contribution < -0.4 is 4.74 Å². The fourth-order valence-electron chi connectivity index (χ4n) is 1.36. The Balaban J connectivity index is 2.86. The predicted molar refractivity (Wildman–Crippen MR) is 56.5 cm³/mol. The minimum absolute atomic E-state index is 0.332. The maximum Gasteiger partial charge on any atom is 0.222 e. The largest absolute Gasteiger partial charge is 0.481 e. The molecule has 0 aliphatic carbocycles. The van der Waals surface area contributed by atoms with E-state index in [4.69, 9.17) is 16.3 Å². The Morgan fingerprint density at radius 1 is 1.33 bits per heavy atom. The number of carbonyl (C=O) groups is 1. The van der Waals surface area contributed by atoms with Gasteiger partial charge in [0.15, 0.2) is 6.29 Å². The summed E-state index contributed by atoms with van der Waals surface area (Å²) in [5.74, 6) is 0.430. The van der Waals surface area contributed by atoms with Gasteiger partial charge < -0.3 is 4.74 Å². The van der Waals surface area contributed by atoms with Gasteiger partial charge in [0.2, 0.25) is 5.88 Å². The van der Waals surface area contributed by atoms with Gasteiger partial charge in [0.25, 0.3) is 0 Å². The van der Waals surface area contributed by atoms with Gasteiger partial charge in [0.05, 0.1) is 12.5 Å². The number of ether oxygens (including phenoxy) is 1. The third-order valence-corrected chi connectivity index (χ3v) is 2.26. The zero-order chi connectivity index (χ0) is 10.8. The molecule has 0 unspecified atom stereocenters. The van der Waals surface area contributed by atoms with Crippen LogP contribution in [0.1, 0.15) is 10.4 Å². The first-order chi connectivity index (χ1) is 7.26. The molecule has 76 valence electrons. The quantitative estimate of drug-likeness (QED) is 0.577. The van der Waals surface area contributed by atoms with E-state index >= 15 is 0 Å². The number of halogens is 1. The molecule has 0 fully saturated rings. The molecule has 2 aromatic heterocycles. The molecule has 0 aliphatic heterocycles. The molecule has 0 N–H and O–H groups in total. The van der Waals surface area contributed by atoms with E-state index in [1.165, 1.54) is 19.5 Å². The molecular weight excluding hydrogens is 216 g/mol. The second-order valence-corrected chi connectivity index (χ2v) is 3.28. The first-order valence-corrected chi connectivity index (χ1v) is 4.57. The number of fused-ring (bicyclic) bond motifs is 1. The SMILES string of the molecule is COc1ncc(C=O)c2cc(Cl)ncc12. The summed E-state index contributed by atoms with van der Waals surface area (Å²) >= 11 is 5.75. The van der Waals surface area contributed by atoms with Crippen molar-refractivity contribution in [2.24, 2.45) is 0 Å². The van der Waals surface area contributed by atoms with Gasteiger partial charge in [-0.25, -0.2) is 9.97 Å². The minimum Gasteiger partial charge on any atom is -0.481 e. The van der Waals surface area contributed by atoms with Crippen LogP contribution in [0, 0.1) is 0 Å². The zero-order valence-corrected chi connectivity index (χ0v) is 8.65. The molecule has 0 aliphatic rings. The second kappa shape index (κ2) is 3.82. The molecule has 2 heterocycles. The number of carbonyl (C=O) groups excluding carboxylic acids is 1. The van der Waals surface area contributed by atoms with Crippen LogP contribution in [0.15, 0.2) is 18.5 Å². The van der Waals surface area contributed by atoms with E-state index in [9.17, 15) is 4.79 Å². The lowest BCUT2D eigenvalue weighted by Gasteiger charge is -2.05. The molecule has 0 radical (unpaired) electrons. The van der Waals surface area contributed by atoms with Crippen LogP contribution in [0.3, 0.4) is 0 Å². The zero-order valence-electron chi connectivity index (χ0n) is 7.90. The van der Waals surface area contributed by atoms with Crippen LogP contribution >= 0.6 is 11.6 Å². The Morgan fingerprint density at radius 2 is 2.13 bits per heavy atom. The molecule has 0 saturated carbocycles. The molecule has 2 aromatic rings. The van der Waals surface area contributed by atoms with Crippen molar-refractivity contribution in [3.8, 4) is 5.88 Å². The average Bonchev–Trinajstić information content (AvgIpc) is 2.27. The highest BCUT2D eigenvalue weighted by Gasteiger charge is 2.08. The molecule has 0 amide bonds. The number of aromatic nitrogens is 2. The molecule has 15 heavy (non-hydrogen) atoms. The van der Waals surface area contributed by atoms with Crippen LogP contribution in [0.4, 0.5) is 0 Å². The van der Waals surface area contributed by atoms with E-state index in [0.29, 0.717) is 27.4 Å². The fraction of sp³-hybridized carbons (Fsp3) is 0.100. The number of rotatable bonds is 2. The number of hydrogen-bond donors (Lipinski definition) is 0. The maximum atomic E-state index is 10.8. The smallest absolute Gasteiger partial charge is 0.222 e. The first kappa shape index (κ1) is 9.86. The molecule has 5 heteroatoms. The Hall–Kier alpha value is -1.68. The lowest BCUT2D eigenvalue weighted by atomic mass is 10.1. The summed E-state index contributed by atoms with van der Waals surface area (Å²) < 4.78 is 5.06. The lowest BCUT2D eigenvalue weighted by Crippen LogP contribution is -1.93. The lowest BCUT2D eigenvalue weighted by molar-refractivity contribution is 0.112. The standard InChI is InChI=1S/C10H7ClN2O2/c1-15-10-8-4-12-9(11)2-7(8)6(5-14)3-13-10/h2-5H,1H3. The van der Waals surface area contributed by atoms with Gasteiger partial charge in [-0.05, 0) is 6.07 Å². The summed E-state index contributed by atoms with van der Waals surface area (Å²) in [6.45, 7) is 0. The number of nitrogens with zero attached hydrogens (tertiary/aromatic N) is 2. The van der Waals surface area contributed by atoms with Gasteiger partial charge in [0, 0.05) is 23.3 Å². The van der Waals surface area contributed by atoms with Crippen LogP contribution in [0.2, 0.25) is 5.15 Å². The van der Waals surface area contributed by atoms with E-state index in [1.54, 1.807) is 6.07 Å². The van der Waals surface area contributed by atoms with E-state index in [-0.39, 0.29) is 0 Å². The van der Waals surface area contributed by atoms with Crippen molar-refractivity contribution < 1.29 is 9.53 Å². The van der Waals surface area contributed by atoms with Gasteiger partial charge in [-0.3, -0.25) is 4.79 Å². The normalized spacial score (nSPS) is 10.3. The van der Waals surface area contributed by atoms with Gasteiger partial charge in [-0.1, -0.05) is 11.6 Å². The molecule has 0 spiro atoms. The third kappa shape index (κ3) is 1.64. The van der Waals surface area contributed by atoms with Crippen LogP contribution in [-0.2, 0) is 0 Å². The summed E-state index contributed by atoms with van der Waals surface area (Å²) in [7, 11) is 1.51. The van der Waals surface area contributed by atoms with Crippen molar-refractivity contribution in [1.29, 1.82) is 0 Å². The minimum atomic E-state index is 0.332. The van der Waals surface area contributed by atoms with Crippen molar-refractivity contribution in [2.45, 2.75) is 0 Å². The fourth-order valence-corrected chi connectivity index (χ4v) is 1.52.